The molecule has 2 N–H and O–H groups in total. The van der Waals surface area contributed by atoms with Gasteiger partial charge in [-0.1, -0.05) is 31.1 Å². The van der Waals surface area contributed by atoms with Crippen molar-refractivity contribution in [3.05, 3.63) is 23.6 Å². The Balaban J connectivity index is 1.38. The minimum Gasteiger partial charge on any atom is -0.360 e. The highest BCUT2D eigenvalue weighted by atomic mass is 16.5. The summed E-state index contributed by atoms with van der Waals surface area (Å²) < 4.78 is 10.1. The topological polar surface area (TPSA) is 117 Å². The van der Waals surface area contributed by atoms with Crippen molar-refractivity contribution < 1.29 is 18.6 Å². The molecule has 10 nitrogen and oxygen atoms in total. The number of aryl methyl sites for hydroxylation is 1. The fourth-order valence-corrected chi connectivity index (χ4v) is 2.98. The lowest BCUT2D eigenvalue weighted by molar-refractivity contribution is -0.120. The third-order valence-corrected chi connectivity index (χ3v) is 4.64. The number of nitrogens with zero attached hydrogens (tertiary/aromatic N) is 4. The van der Waals surface area contributed by atoms with Crippen molar-refractivity contribution in [2.75, 3.05) is 49.9 Å². The van der Waals surface area contributed by atoms with Crippen molar-refractivity contribution in [1.82, 2.24) is 20.1 Å². The average Bonchev–Trinajstić information content (AvgIpc) is 3.25. The number of anilines is 2. The van der Waals surface area contributed by atoms with Crippen LogP contribution in [-0.4, -0.2) is 71.2 Å². The smallest absolute Gasteiger partial charge is 0.240 e. The quantitative estimate of drug-likeness (QED) is 0.743. The Bertz CT molecular complexity index is 845. The Morgan fingerprint density at radius 2 is 1.55 bits per heavy atom. The molecule has 1 fully saturated rings. The summed E-state index contributed by atoms with van der Waals surface area (Å²) in [6.45, 7) is 11.2. The molecular formula is C19H28N6O4. The van der Waals surface area contributed by atoms with Crippen molar-refractivity contribution in [2.45, 2.75) is 33.1 Å². The van der Waals surface area contributed by atoms with Gasteiger partial charge in [-0.2, -0.15) is 0 Å². The highest BCUT2D eigenvalue weighted by Crippen LogP contribution is 2.23. The number of hydrogen-bond donors (Lipinski definition) is 2. The molecule has 1 saturated heterocycles. The molecule has 1 aliphatic heterocycles. The first-order valence-electron chi connectivity index (χ1n) is 9.64. The zero-order valence-electron chi connectivity index (χ0n) is 17.3. The van der Waals surface area contributed by atoms with E-state index in [1.54, 1.807) is 19.1 Å². The van der Waals surface area contributed by atoms with Gasteiger partial charge in [-0.15, -0.1) is 0 Å². The van der Waals surface area contributed by atoms with Crippen LogP contribution < -0.4 is 10.6 Å². The molecule has 0 spiro atoms. The van der Waals surface area contributed by atoms with E-state index in [2.05, 4.69) is 20.9 Å². The van der Waals surface area contributed by atoms with Crippen LogP contribution >= 0.6 is 0 Å². The molecule has 0 bridgehead atoms. The Morgan fingerprint density at radius 3 is 2.03 bits per heavy atom. The molecule has 158 valence electrons. The molecule has 1 aliphatic rings. The maximum atomic E-state index is 12.3. The van der Waals surface area contributed by atoms with Gasteiger partial charge in [0.25, 0.3) is 0 Å². The van der Waals surface area contributed by atoms with Crippen LogP contribution in [-0.2, 0) is 15.0 Å². The summed E-state index contributed by atoms with van der Waals surface area (Å²) in [5, 5.41) is 13.2. The number of rotatable bonds is 6. The molecule has 2 aromatic rings. The second-order valence-electron chi connectivity index (χ2n) is 8.30. The minimum atomic E-state index is -0.144. The van der Waals surface area contributed by atoms with Crippen LogP contribution in [0.3, 0.4) is 0 Å². The zero-order chi connectivity index (χ0) is 21.0. The summed E-state index contributed by atoms with van der Waals surface area (Å²) in [6, 6.07) is 3.43. The van der Waals surface area contributed by atoms with Crippen LogP contribution in [0.1, 0.15) is 32.2 Å². The van der Waals surface area contributed by atoms with E-state index in [-0.39, 0.29) is 30.3 Å². The van der Waals surface area contributed by atoms with E-state index in [0.717, 1.165) is 5.69 Å². The molecule has 0 atom stereocenters. The van der Waals surface area contributed by atoms with Gasteiger partial charge in [0, 0.05) is 43.7 Å². The summed E-state index contributed by atoms with van der Waals surface area (Å²) >= 11 is 0. The number of carbonyl (C=O) groups is 2. The van der Waals surface area contributed by atoms with Crippen LogP contribution in [0, 0.1) is 6.92 Å². The van der Waals surface area contributed by atoms with E-state index in [9.17, 15) is 9.59 Å². The molecular weight excluding hydrogens is 376 g/mol. The Kier molecular flexibility index (Phi) is 6.33. The van der Waals surface area contributed by atoms with E-state index in [1.165, 1.54) is 0 Å². The Labute approximate surface area is 169 Å². The van der Waals surface area contributed by atoms with Gasteiger partial charge in [-0.05, 0) is 6.92 Å². The lowest BCUT2D eigenvalue weighted by atomic mass is 9.92. The van der Waals surface area contributed by atoms with Gasteiger partial charge in [0.1, 0.15) is 5.76 Å². The predicted octanol–water partition coefficient (Wildman–Crippen LogP) is 1.46. The predicted molar refractivity (Wildman–Crippen MR) is 107 cm³/mol. The van der Waals surface area contributed by atoms with Gasteiger partial charge in [0.15, 0.2) is 5.82 Å². The zero-order valence-corrected chi connectivity index (χ0v) is 17.3. The van der Waals surface area contributed by atoms with Gasteiger partial charge in [-0.3, -0.25) is 24.7 Å². The fourth-order valence-electron chi connectivity index (χ4n) is 2.98. The maximum absolute atomic E-state index is 12.3. The summed E-state index contributed by atoms with van der Waals surface area (Å²) in [4.78, 5) is 28.5. The number of piperazine rings is 1. The first-order valence-corrected chi connectivity index (χ1v) is 9.64. The SMILES string of the molecule is Cc1cc(NC(=O)CN2CCN(CC(=O)Nc3cc(C(C)(C)C)no3)CC2)no1. The maximum Gasteiger partial charge on any atom is 0.240 e. The number of hydrogen-bond acceptors (Lipinski definition) is 8. The number of nitrogens with one attached hydrogen (secondary N) is 2. The van der Waals surface area contributed by atoms with Crippen LogP contribution in [0.25, 0.3) is 0 Å². The van der Waals surface area contributed by atoms with Crippen LogP contribution in [0.5, 0.6) is 0 Å². The van der Waals surface area contributed by atoms with Gasteiger partial charge in [0.05, 0.1) is 18.8 Å². The van der Waals surface area contributed by atoms with Crippen molar-refractivity contribution in [3.63, 3.8) is 0 Å². The van der Waals surface area contributed by atoms with Crippen molar-refractivity contribution in [2.24, 2.45) is 0 Å². The number of carbonyl (C=O) groups excluding carboxylic acids is 2. The van der Waals surface area contributed by atoms with E-state index in [4.69, 9.17) is 9.05 Å². The highest BCUT2D eigenvalue weighted by Gasteiger charge is 2.23. The van der Waals surface area contributed by atoms with Crippen LogP contribution in [0.15, 0.2) is 21.2 Å². The van der Waals surface area contributed by atoms with E-state index < -0.39 is 0 Å². The normalized spacial score (nSPS) is 16.0. The highest BCUT2D eigenvalue weighted by molar-refractivity contribution is 5.91. The molecule has 0 aliphatic carbocycles. The molecule has 10 heteroatoms. The molecule has 0 unspecified atom stereocenters. The summed E-state index contributed by atoms with van der Waals surface area (Å²) in [7, 11) is 0. The van der Waals surface area contributed by atoms with Crippen LogP contribution in [0.4, 0.5) is 11.7 Å². The molecule has 3 rings (SSSR count). The average molecular weight is 404 g/mol. The third-order valence-electron chi connectivity index (χ3n) is 4.64. The molecule has 29 heavy (non-hydrogen) atoms. The molecule has 3 heterocycles. The minimum absolute atomic E-state index is 0.135. The van der Waals surface area contributed by atoms with E-state index in [0.29, 0.717) is 43.6 Å². The second kappa shape index (κ2) is 8.75. The first-order chi connectivity index (χ1) is 13.7. The number of amides is 2. The first kappa shape index (κ1) is 21.0. The third kappa shape index (κ3) is 6.13. The molecule has 0 radical (unpaired) electrons. The molecule has 0 saturated carbocycles. The summed E-state index contributed by atoms with van der Waals surface area (Å²) in [5.74, 6) is 1.15. The van der Waals surface area contributed by atoms with Gasteiger partial charge < -0.3 is 14.4 Å². The van der Waals surface area contributed by atoms with Crippen molar-refractivity contribution in [1.29, 1.82) is 0 Å². The van der Waals surface area contributed by atoms with Crippen molar-refractivity contribution in [3.8, 4) is 0 Å². The molecule has 2 aromatic heterocycles. The van der Waals surface area contributed by atoms with Gasteiger partial charge in [-0.25, -0.2) is 0 Å². The standard InChI is InChI=1S/C19H28N6O4/c1-13-9-15(23-28-13)20-16(26)11-24-5-7-25(8-6-24)12-17(27)21-18-10-14(22-29-18)19(2,3)4/h9-10H,5-8,11-12H2,1-4H3,(H,21,27)(H,20,23,26). The largest absolute Gasteiger partial charge is 0.360 e. The summed E-state index contributed by atoms with van der Waals surface area (Å²) in [5.41, 5.74) is 0.655. The fraction of sp³-hybridized carbons (Fsp3) is 0.579. The monoisotopic (exact) mass is 404 g/mol. The van der Waals surface area contributed by atoms with Gasteiger partial charge in [0.2, 0.25) is 17.7 Å². The van der Waals surface area contributed by atoms with Gasteiger partial charge >= 0.3 is 0 Å². The van der Waals surface area contributed by atoms with Crippen molar-refractivity contribution >= 4 is 23.5 Å². The van der Waals surface area contributed by atoms with E-state index in [1.807, 2.05) is 30.6 Å². The Hall–Kier alpha value is -2.72. The number of aromatic nitrogens is 2. The Morgan fingerprint density at radius 1 is 0.966 bits per heavy atom. The molecule has 2 amide bonds. The lowest BCUT2D eigenvalue weighted by Crippen LogP contribution is -2.50. The molecule has 0 aromatic carbocycles. The second-order valence-corrected chi connectivity index (χ2v) is 8.30. The van der Waals surface area contributed by atoms with Crippen LogP contribution in [0.2, 0.25) is 0 Å². The van der Waals surface area contributed by atoms with E-state index >= 15 is 0 Å². The summed E-state index contributed by atoms with van der Waals surface area (Å²) in [6.07, 6.45) is 0. The lowest BCUT2D eigenvalue weighted by Gasteiger charge is -2.33.